The highest BCUT2D eigenvalue weighted by Crippen LogP contribution is 2.57. The maximum absolute atomic E-state index is 13.0. The molecule has 2 N–H and O–H groups in total. The van der Waals surface area contributed by atoms with Crippen LogP contribution in [0.3, 0.4) is 0 Å². The summed E-state index contributed by atoms with van der Waals surface area (Å²) < 4.78 is 13.6. The van der Waals surface area contributed by atoms with Crippen LogP contribution < -0.4 is 14.8 Å². The first kappa shape index (κ1) is 22.6. The summed E-state index contributed by atoms with van der Waals surface area (Å²) in [6, 6.07) is 5.67. The van der Waals surface area contributed by atoms with E-state index in [4.69, 9.17) is 14.5 Å². The first-order chi connectivity index (χ1) is 17.0. The molecule has 3 aliphatic rings. The molecule has 3 fully saturated rings. The van der Waals surface area contributed by atoms with Crippen LogP contribution in [0, 0.1) is 5.41 Å². The lowest BCUT2D eigenvalue weighted by Gasteiger charge is -2.35. The van der Waals surface area contributed by atoms with Gasteiger partial charge in [0, 0.05) is 43.0 Å². The highest BCUT2D eigenvalue weighted by atomic mass is 79.9. The molecule has 0 radical (unpaired) electrons. The Labute approximate surface area is 211 Å². The number of hydrogen-bond acceptors (Lipinski definition) is 7. The highest BCUT2D eigenvalue weighted by molar-refractivity contribution is 9.10. The molecule has 35 heavy (non-hydrogen) atoms. The van der Waals surface area contributed by atoms with Crippen LogP contribution in [0.2, 0.25) is 0 Å². The number of rotatable bonds is 6. The van der Waals surface area contributed by atoms with Crippen molar-refractivity contribution in [3.8, 4) is 11.5 Å². The van der Waals surface area contributed by atoms with Gasteiger partial charge in [0.15, 0.2) is 5.82 Å². The number of nitrogens with one attached hydrogen (secondary N) is 1. The fourth-order valence-electron chi connectivity index (χ4n) is 5.80. The van der Waals surface area contributed by atoms with Crippen molar-refractivity contribution in [1.29, 1.82) is 0 Å². The number of ether oxygens (including phenoxy) is 2. The van der Waals surface area contributed by atoms with E-state index in [1.54, 1.807) is 20.4 Å². The summed E-state index contributed by atoms with van der Waals surface area (Å²) in [5.74, 6) is 3.29. The second kappa shape index (κ2) is 8.37. The monoisotopic (exact) mass is 541 g/mol. The van der Waals surface area contributed by atoms with Crippen LogP contribution in [0.5, 0.6) is 11.5 Å². The summed E-state index contributed by atoms with van der Waals surface area (Å²) in [4.78, 5) is 24.4. The SMILES string of the molecule is COc1ccc(CNc2nccn3c(C4CC[C@H]5[C@@H](O)C6(CC6)C(=O)N5C4)nc(Br)c23)c(OC)c1. The van der Waals surface area contributed by atoms with E-state index >= 15 is 0 Å². The minimum Gasteiger partial charge on any atom is -0.497 e. The largest absolute Gasteiger partial charge is 0.497 e. The lowest BCUT2D eigenvalue weighted by Crippen LogP contribution is -2.44. The van der Waals surface area contributed by atoms with Crippen LogP contribution in [-0.4, -0.2) is 63.2 Å². The third-order valence-electron chi connectivity index (χ3n) is 7.88. The summed E-state index contributed by atoms with van der Waals surface area (Å²) in [5, 5.41) is 14.2. The predicted molar refractivity (Wildman–Crippen MR) is 133 cm³/mol. The van der Waals surface area contributed by atoms with Gasteiger partial charge in [-0.3, -0.25) is 9.20 Å². The van der Waals surface area contributed by atoms with E-state index in [1.165, 1.54) is 0 Å². The predicted octanol–water partition coefficient (Wildman–Crippen LogP) is 3.35. The standard InChI is InChI=1S/C25H28BrN5O4/c1-34-16-5-3-14(18(11-16)35-2)12-28-22-19-21(26)29-23(30(19)10-9-27-22)15-4-6-17-20(32)25(7-8-25)24(33)31(17)13-15/h3,5,9-11,15,17,20,32H,4,6-8,12-13H2,1-2H3,(H,27,28)/t15?,17-,20+/m0/s1. The lowest BCUT2D eigenvalue weighted by atomic mass is 9.89. The number of aromatic nitrogens is 3. The summed E-state index contributed by atoms with van der Waals surface area (Å²) in [7, 11) is 3.27. The van der Waals surface area contributed by atoms with Crippen LogP contribution in [0.4, 0.5) is 5.82 Å². The number of carbonyl (C=O) groups is 1. The van der Waals surface area contributed by atoms with Crippen molar-refractivity contribution in [1.82, 2.24) is 19.3 Å². The van der Waals surface area contributed by atoms with Crippen molar-refractivity contribution in [2.24, 2.45) is 5.41 Å². The number of methoxy groups -OCH3 is 2. The van der Waals surface area contributed by atoms with Crippen LogP contribution in [0.1, 0.15) is 43.0 Å². The number of amides is 1. The van der Waals surface area contributed by atoms with E-state index in [-0.39, 0.29) is 17.9 Å². The molecule has 1 unspecified atom stereocenters. The molecule has 184 valence electrons. The summed E-state index contributed by atoms with van der Waals surface area (Å²) in [6.07, 6.45) is 6.42. The number of fused-ring (bicyclic) bond motifs is 2. The number of hydrogen-bond donors (Lipinski definition) is 2. The van der Waals surface area contributed by atoms with Gasteiger partial charge < -0.3 is 24.8 Å². The summed E-state index contributed by atoms with van der Waals surface area (Å²) >= 11 is 3.64. The van der Waals surface area contributed by atoms with E-state index in [2.05, 4.69) is 30.6 Å². The fraction of sp³-hybridized carbons (Fsp3) is 0.480. The quantitative estimate of drug-likeness (QED) is 0.493. The summed E-state index contributed by atoms with van der Waals surface area (Å²) in [5.41, 5.74) is 1.33. The molecule has 1 aliphatic carbocycles. The van der Waals surface area contributed by atoms with Gasteiger partial charge in [-0.2, -0.15) is 0 Å². The Kier molecular flexibility index (Phi) is 5.41. The Hall–Kier alpha value is -2.85. The van der Waals surface area contributed by atoms with Crippen LogP contribution >= 0.6 is 15.9 Å². The normalized spacial score (nSPS) is 24.6. The minimum atomic E-state index is -0.533. The maximum atomic E-state index is 13.0. The smallest absolute Gasteiger partial charge is 0.231 e. The molecule has 6 rings (SSSR count). The van der Waals surface area contributed by atoms with Crippen molar-refractivity contribution in [2.75, 3.05) is 26.1 Å². The Morgan fingerprint density at radius 3 is 2.83 bits per heavy atom. The average Bonchev–Trinajstić information content (AvgIpc) is 3.59. The van der Waals surface area contributed by atoms with Gasteiger partial charge in [0.05, 0.1) is 31.8 Å². The van der Waals surface area contributed by atoms with Gasteiger partial charge in [0.25, 0.3) is 0 Å². The Balaban J connectivity index is 1.26. The molecule has 1 aromatic carbocycles. The van der Waals surface area contributed by atoms with Gasteiger partial charge >= 0.3 is 0 Å². The maximum Gasteiger partial charge on any atom is 0.231 e. The third-order valence-corrected chi connectivity index (χ3v) is 8.43. The molecular formula is C25H28BrN5O4. The molecule has 1 spiro atoms. The second-order valence-electron chi connectivity index (χ2n) is 9.69. The average molecular weight is 542 g/mol. The molecule has 4 heterocycles. The van der Waals surface area contributed by atoms with Crippen LogP contribution in [-0.2, 0) is 11.3 Å². The fourth-order valence-corrected chi connectivity index (χ4v) is 6.36. The molecule has 2 saturated heterocycles. The summed E-state index contributed by atoms with van der Waals surface area (Å²) in [6.45, 7) is 1.10. The molecule has 2 aromatic heterocycles. The first-order valence-corrected chi connectivity index (χ1v) is 12.7. The zero-order chi connectivity index (χ0) is 24.3. The zero-order valence-electron chi connectivity index (χ0n) is 19.7. The van der Waals surface area contributed by atoms with Gasteiger partial charge in [0.1, 0.15) is 27.4 Å². The number of aliphatic hydroxyl groups excluding tert-OH is 1. The van der Waals surface area contributed by atoms with Gasteiger partial charge in [-0.1, -0.05) is 0 Å². The second-order valence-corrected chi connectivity index (χ2v) is 10.4. The molecule has 1 amide bonds. The van der Waals surface area contributed by atoms with Crippen molar-refractivity contribution in [3.05, 3.63) is 46.6 Å². The Morgan fingerprint density at radius 2 is 2.09 bits per heavy atom. The molecule has 1 saturated carbocycles. The highest BCUT2D eigenvalue weighted by Gasteiger charge is 2.66. The van der Waals surface area contributed by atoms with Crippen LogP contribution in [0.15, 0.2) is 35.2 Å². The minimum absolute atomic E-state index is 0.0608. The van der Waals surface area contributed by atoms with Crippen molar-refractivity contribution >= 4 is 33.2 Å². The number of piperidine rings is 1. The molecule has 9 nitrogen and oxygen atoms in total. The van der Waals surface area contributed by atoms with Crippen molar-refractivity contribution < 1.29 is 19.4 Å². The lowest BCUT2D eigenvalue weighted by molar-refractivity contribution is -0.134. The molecule has 3 aromatic rings. The molecular weight excluding hydrogens is 514 g/mol. The zero-order valence-corrected chi connectivity index (χ0v) is 21.3. The number of halogens is 1. The van der Waals surface area contributed by atoms with Gasteiger partial charge in [-0.15, -0.1) is 0 Å². The van der Waals surface area contributed by atoms with Crippen molar-refractivity contribution in [2.45, 2.75) is 50.3 Å². The first-order valence-electron chi connectivity index (χ1n) is 11.9. The third kappa shape index (κ3) is 3.48. The van der Waals surface area contributed by atoms with Crippen LogP contribution in [0.25, 0.3) is 5.52 Å². The van der Waals surface area contributed by atoms with Gasteiger partial charge in [0.2, 0.25) is 5.91 Å². The number of benzene rings is 1. The van der Waals surface area contributed by atoms with E-state index in [0.717, 1.165) is 54.1 Å². The number of carbonyl (C=O) groups excluding carboxylic acids is 1. The molecule has 0 bridgehead atoms. The van der Waals surface area contributed by atoms with Gasteiger partial charge in [-0.25, -0.2) is 9.97 Å². The van der Waals surface area contributed by atoms with Crippen molar-refractivity contribution in [3.63, 3.8) is 0 Å². The molecule has 3 atom stereocenters. The Morgan fingerprint density at radius 1 is 1.26 bits per heavy atom. The molecule has 10 heteroatoms. The molecule has 2 aliphatic heterocycles. The Bertz CT molecular complexity index is 1310. The number of nitrogens with zero attached hydrogens (tertiary/aromatic N) is 4. The number of anilines is 1. The van der Waals surface area contributed by atoms with E-state index < -0.39 is 11.5 Å². The topological polar surface area (TPSA) is 101 Å². The van der Waals surface area contributed by atoms with E-state index in [1.807, 2.05) is 29.3 Å². The van der Waals surface area contributed by atoms with Gasteiger partial charge in [-0.05, 0) is 53.7 Å². The van der Waals surface area contributed by atoms with E-state index in [9.17, 15) is 9.90 Å². The van der Waals surface area contributed by atoms with E-state index in [0.29, 0.717) is 23.5 Å². The number of imidazole rings is 1. The number of aliphatic hydroxyl groups is 1.